The molecule has 0 radical (unpaired) electrons. The van der Waals surface area contributed by atoms with Crippen LogP contribution < -0.4 is 9.62 Å². The van der Waals surface area contributed by atoms with E-state index in [1.165, 1.54) is 0 Å². The second-order valence-electron chi connectivity index (χ2n) is 5.18. The Bertz CT molecular complexity index is 775. The summed E-state index contributed by atoms with van der Waals surface area (Å²) in [4.78, 5) is 2.34. The Morgan fingerprint density at radius 1 is 1.04 bits per heavy atom. The molecule has 0 unspecified atom stereocenters. The van der Waals surface area contributed by atoms with E-state index in [2.05, 4.69) is 9.62 Å². The van der Waals surface area contributed by atoms with Gasteiger partial charge in [0, 0.05) is 18.8 Å². The third kappa shape index (κ3) is 3.77. The van der Waals surface area contributed by atoms with Crippen molar-refractivity contribution in [2.75, 3.05) is 35.9 Å². The lowest BCUT2D eigenvalue weighted by molar-refractivity contribution is 0.122. The summed E-state index contributed by atoms with van der Waals surface area (Å²) in [6.45, 7) is 2.86. The van der Waals surface area contributed by atoms with Gasteiger partial charge < -0.3 is 9.64 Å². The Morgan fingerprint density at radius 2 is 1.74 bits per heavy atom. The van der Waals surface area contributed by atoms with E-state index < -0.39 is 10.0 Å². The molecule has 1 aliphatic heterocycles. The van der Waals surface area contributed by atoms with Crippen molar-refractivity contribution >= 4 is 33.0 Å². The van der Waals surface area contributed by atoms with Crippen LogP contribution in [0.15, 0.2) is 53.4 Å². The molecule has 0 amide bonds. The van der Waals surface area contributed by atoms with Crippen LogP contribution >= 0.6 is 11.6 Å². The molecule has 1 N–H and O–H groups in total. The maximum atomic E-state index is 12.4. The number of halogens is 1. The van der Waals surface area contributed by atoms with Crippen LogP contribution in [-0.4, -0.2) is 34.7 Å². The highest BCUT2D eigenvalue weighted by atomic mass is 35.5. The molecule has 0 aliphatic carbocycles. The Balaban J connectivity index is 1.87. The van der Waals surface area contributed by atoms with Gasteiger partial charge in [-0.2, -0.15) is 0 Å². The molecule has 1 fully saturated rings. The molecule has 1 aliphatic rings. The summed E-state index contributed by atoms with van der Waals surface area (Å²) in [7, 11) is -3.66. The zero-order valence-corrected chi connectivity index (χ0v) is 14.0. The predicted octanol–water partition coefficient (Wildman–Crippen LogP) is 2.98. The number of rotatable bonds is 4. The zero-order chi connectivity index (χ0) is 16.3. The van der Waals surface area contributed by atoms with Crippen LogP contribution in [0, 0.1) is 0 Å². The highest BCUT2D eigenvalue weighted by Crippen LogP contribution is 2.30. The Morgan fingerprint density at radius 3 is 2.43 bits per heavy atom. The molecule has 7 heteroatoms. The molecule has 1 heterocycles. The Kier molecular flexibility index (Phi) is 4.75. The standard InChI is InChI=1S/C16H17ClN2O3S/c17-15-7-6-13(19-8-10-22-11-9-19)12-16(15)18-23(20,21)14-4-2-1-3-5-14/h1-7,12,18H,8-11H2. The predicted molar refractivity (Wildman–Crippen MR) is 91.7 cm³/mol. The van der Waals surface area contributed by atoms with Gasteiger partial charge in [-0.15, -0.1) is 0 Å². The lowest BCUT2D eigenvalue weighted by atomic mass is 10.2. The first-order chi connectivity index (χ1) is 11.1. The maximum absolute atomic E-state index is 12.4. The van der Waals surface area contributed by atoms with Crippen molar-refractivity contribution in [3.05, 3.63) is 53.6 Å². The fourth-order valence-electron chi connectivity index (χ4n) is 2.41. The van der Waals surface area contributed by atoms with Crippen LogP contribution in [0.4, 0.5) is 11.4 Å². The number of morpholine rings is 1. The Hall–Kier alpha value is -1.76. The first kappa shape index (κ1) is 16.1. The van der Waals surface area contributed by atoms with Crippen molar-refractivity contribution in [3.8, 4) is 0 Å². The molecule has 0 spiro atoms. The topological polar surface area (TPSA) is 58.6 Å². The second-order valence-corrected chi connectivity index (χ2v) is 7.27. The van der Waals surface area contributed by atoms with E-state index in [9.17, 15) is 8.42 Å². The molecule has 0 bridgehead atoms. The van der Waals surface area contributed by atoms with Crippen molar-refractivity contribution in [1.29, 1.82) is 0 Å². The molecule has 0 saturated carbocycles. The number of benzene rings is 2. The van der Waals surface area contributed by atoms with E-state index in [0.29, 0.717) is 23.9 Å². The van der Waals surface area contributed by atoms with Crippen LogP contribution in [-0.2, 0) is 14.8 Å². The summed E-state index contributed by atoms with van der Waals surface area (Å²) in [5, 5.41) is 0.363. The molecule has 0 atom stereocenters. The first-order valence-electron chi connectivity index (χ1n) is 7.26. The summed E-state index contributed by atoms with van der Waals surface area (Å²) < 4.78 is 32.8. The highest BCUT2D eigenvalue weighted by molar-refractivity contribution is 7.92. The summed E-state index contributed by atoms with van der Waals surface area (Å²) >= 11 is 6.16. The average molecular weight is 353 g/mol. The third-order valence-electron chi connectivity index (χ3n) is 3.62. The van der Waals surface area contributed by atoms with Gasteiger partial charge in [-0.05, 0) is 30.3 Å². The van der Waals surface area contributed by atoms with Gasteiger partial charge in [0.1, 0.15) is 0 Å². The van der Waals surface area contributed by atoms with Crippen LogP contribution in [0.25, 0.3) is 0 Å². The van der Waals surface area contributed by atoms with Crippen molar-refractivity contribution in [3.63, 3.8) is 0 Å². The van der Waals surface area contributed by atoms with Gasteiger partial charge in [-0.3, -0.25) is 4.72 Å². The van der Waals surface area contributed by atoms with Crippen LogP contribution in [0.5, 0.6) is 0 Å². The highest BCUT2D eigenvalue weighted by Gasteiger charge is 2.17. The molecule has 0 aromatic heterocycles. The number of nitrogens with one attached hydrogen (secondary N) is 1. The number of anilines is 2. The van der Waals surface area contributed by atoms with E-state index in [1.54, 1.807) is 42.5 Å². The van der Waals surface area contributed by atoms with E-state index in [1.807, 2.05) is 6.07 Å². The van der Waals surface area contributed by atoms with Gasteiger partial charge in [-0.1, -0.05) is 29.8 Å². The fraction of sp³-hybridized carbons (Fsp3) is 0.250. The summed E-state index contributed by atoms with van der Waals surface area (Å²) in [6.07, 6.45) is 0. The number of hydrogen-bond donors (Lipinski definition) is 1. The lowest BCUT2D eigenvalue weighted by Gasteiger charge is -2.29. The first-order valence-corrected chi connectivity index (χ1v) is 9.12. The van der Waals surface area contributed by atoms with Crippen LogP contribution in [0.3, 0.4) is 0 Å². The minimum Gasteiger partial charge on any atom is -0.378 e. The second kappa shape index (κ2) is 6.78. The summed E-state index contributed by atoms with van der Waals surface area (Å²) in [5.74, 6) is 0. The van der Waals surface area contributed by atoms with Gasteiger partial charge in [0.2, 0.25) is 0 Å². The molecule has 122 valence electrons. The smallest absolute Gasteiger partial charge is 0.261 e. The summed E-state index contributed by atoms with van der Waals surface area (Å²) in [6, 6.07) is 13.6. The van der Waals surface area contributed by atoms with Crippen molar-refractivity contribution in [2.45, 2.75) is 4.90 Å². The van der Waals surface area contributed by atoms with E-state index >= 15 is 0 Å². The van der Waals surface area contributed by atoms with Gasteiger partial charge in [0.15, 0.2) is 0 Å². The average Bonchev–Trinajstić information content (AvgIpc) is 2.58. The monoisotopic (exact) mass is 352 g/mol. The number of nitrogens with zero attached hydrogens (tertiary/aromatic N) is 1. The quantitative estimate of drug-likeness (QED) is 0.919. The van der Waals surface area contributed by atoms with E-state index in [-0.39, 0.29) is 4.90 Å². The molecule has 1 saturated heterocycles. The Labute approximate surface area is 140 Å². The van der Waals surface area contributed by atoms with E-state index in [4.69, 9.17) is 16.3 Å². The third-order valence-corrected chi connectivity index (χ3v) is 5.34. The van der Waals surface area contributed by atoms with Crippen molar-refractivity contribution < 1.29 is 13.2 Å². The molecular formula is C16H17ClN2O3S. The molecule has 2 aromatic rings. The SMILES string of the molecule is O=S(=O)(Nc1cc(N2CCOCC2)ccc1Cl)c1ccccc1. The molecule has 3 rings (SSSR count). The molecule has 23 heavy (non-hydrogen) atoms. The van der Waals surface area contributed by atoms with Gasteiger partial charge in [0.05, 0.1) is 28.8 Å². The van der Waals surface area contributed by atoms with Crippen LogP contribution in [0.1, 0.15) is 0 Å². The van der Waals surface area contributed by atoms with Gasteiger partial charge in [0.25, 0.3) is 10.0 Å². The normalized spacial score (nSPS) is 15.4. The molecule has 5 nitrogen and oxygen atoms in total. The van der Waals surface area contributed by atoms with Gasteiger partial charge >= 0.3 is 0 Å². The van der Waals surface area contributed by atoms with Gasteiger partial charge in [-0.25, -0.2) is 8.42 Å². The number of ether oxygens (including phenoxy) is 1. The van der Waals surface area contributed by atoms with E-state index in [0.717, 1.165) is 18.8 Å². The fourth-order valence-corrected chi connectivity index (χ4v) is 3.73. The molecule has 2 aromatic carbocycles. The maximum Gasteiger partial charge on any atom is 0.261 e. The number of sulfonamides is 1. The van der Waals surface area contributed by atoms with Crippen LogP contribution in [0.2, 0.25) is 5.02 Å². The minimum atomic E-state index is -3.66. The van der Waals surface area contributed by atoms with Crippen molar-refractivity contribution in [1.82, 2.24) is 0 Å². The summed E-state index contributed by atoms with van der Waals surface area (Å²) in [5.41, 5.74) is 1.29. The van der Waals surface area contributed by atoms with Crippen molar-refractivity contribution in [2.24, 2.45) is 0 Å². The lowest BCUT2D eigenvalue weighted by Crippen LogP contribution is -2.36. The molecular weight excluding hydrogens is 336 g/mol. The largest absolute Gasteiger partial charge is 0.378 e. The number of hydrogen-bond acceptors (Lipinski definition) is 4. The minimum absolute atomic E-state index is 0.202. The zero-order valence-electron chi connectivity index (χ0n) is 12.4.